The molecule has 1 unspecified atom stereocenters. The Balaban J connectivity index is 2.83. The lowest BCUT2D eigenvalue weighted by atomic mass is 10.1. The van der Waals surface area contributed by atoms with E-state index in [0.29, 0.717) is 6.04 Å². The summed E-state index contributed by atoms with van der Waals surface area (Å²) >= 11 is 5.54. The third-order valence-corrected chi connectivity index (χ3v) is 4.52. The predicted molar refractivity (Wildman–Crippen MR) is 79.9 cm³/mol. The molecule has 0 fully saturated rings. The molecule has 1 atom stereocenters. The molecule has 1 N–H and O–H groups in total. The van der Waals surface area contributed by atoms with Gasteiger partial charge in [0, 0.05) is 24.8 Å². The normalized spacial score (nSPS) is 13.0. The Hall–Kier alpha value is 0. The van der Waals surface area contributed by atoms with Gasteiger partial charge in [-0.2, -0.15) is 16.9 Å². The molecule has 0 radical (unpaired) electrons. The van der Waals surface area contributed by atoms with Crippen molar-refractivity contribution in [1.29, 1.82) is 0 Å². The Morgan fingerprint density at radius 3 is 2.71 bits per heavy atom. The van der Waals surface area contributed by atoms with Gasteiger partial charge < -0.3 is 5.32 Å². The van der Waals surface area contributed by atoms with Crippen LogP contribution in [0.15, 0.2) is 4.47 Å². The lowest BCUT2D eigenvalue weighted by molar-refractivity contribution is 0.532. The summed E-state index contributed by atoms with van der Waals surface area (Å²) in [7, 11) is 0. The first-order chi connectivity index (χ1) is 8.13. The largest absolute Gasteiger partial charge is 0.313 e. The van der Waals surface area contributed by atoms with E-state index >= 15 is 0 Å². The molecule has 0 saturated heterocycles. The van der Waals surface area contributed by atoms with Crippen molar-refractivity contribution in [2.24, 2.45) is 0 Å². The Kier molecular flexibility index (Phi) is 6.59. The number of aromatic nitrogens is 2. The van der Waals surface area contributed by atoms with Crippen LogP contribution in [0.3, 0.4) is 0 Å². The zero-order valence-electron chi connectivity index (χ0n) is 11.1. The fraction of sp³-hybridized carbons (Fsp3) is 0.750. The number of nitrogens with zero attached hydrogens (tertiary/aromatic N) is 2. The summed E-state index contributed by atoms with van der Waals surface area (Å²) in [5.41, 5.74) is 2.39. The highest BCUT2D eigenvalue weighted by molar-refractivity contribution is 9.10. The average Bonchev–Trinajstić information content (AvgIpc) is 2.57. The van der Waals surface area contributed by atoms with Crippen LogP contribution in [0.25, 0.3) is 0 Å². The fourth-order valence-corrected chi connectivity index (χ4v) is 3.06. The molecule has 0 spiro atoms. The zero-order chi connectivity index (χ0) is 12.8. The molecule has 1 heterocycles. The predicted octanol–water partition coefficient (Wildman–Crippen LogP) is 2.86. The highest BCUT2D eigenvalue weighted by atomic mass is 79.9. The summed E-state index contributed by atoms with van der Waals surface area (Å²) in [6.07, 6.45) is 3.19. The number of hydrogen-bond acceptors (Lipinski definition) is 3. The van der Waals surface area contributed by atoms with Gasteiger partial charge in [-0.15, -0.1) is 0 Å². The second kappa shape index (κ2) is 7.44. The first-order valence-corrected chi connectivity index (χ1v) is 8.26. The van der Waals surface area contributed by atoms with Crippen LogP contribution in [0.5, 0.6) is 0 Å². The van der Waals surface area contributed by atoms with E-state index in [1.807, 2.05) is 11.8 Å². The Labute approximate surface area is 117 Å². The molecule has 98 valence electrons. The maximum atomic E-state index is 4.54. The smallest absolute Gasteiger partial charge is 0.0738 e. The van der Waals surface area contributed by atoms with Gasteiger partial charge in [0.05, 0.1) is 15.9 Å². The van der Waals surface area contributed by atoms with Crippen LogP contribution in [-0.4, -0.2) is 34.4 Å². The van der Waals surface area contributed by atoms with E-state index in [9.17, 15) is 0 Å². The van der Waals surface area contributed by atoms with Crippen molar-refractivity contribution >= 4 is 27.7 Å². The van der Waals surface area contributed by atoms with Crippen molar-refractivity contribution in [2.75, 3.05) is 18.6 Å². The summed E-state index contributed by atoms with van der Waals surface area (Å²) in [5, 5.41) is 8.07. The summed E-state index contributed by atoms with van der Waals surface area (Å²) in [6, 6.07) is 0.521. The molecule has 0 aliphatic rings. The maximum absolute atomic E-state index is 4.54. The van der Waals surface area contributed by atoms with Crippen LogP contribution >= 0.6 is 27.7 Å². The van der Waals surface area contributed by atoms with Crippen molar-refractivity contribution in [2.45, 2.75) is 39.8 Å². The third kappa shape index (κ3) is 4.00. The van der Waals surface area contributed by atoms with Crippen molar-refractivity contribution in [1.82, 2.24) is 15.1 Å². The Bertz CT molecular complexity index is 346. The number of thioether (sulfide) groups is 1. The molecular formula is C12H22BrN3S. The van der Waals surface area contributed by atoms with Gasteiger partial charge in [-0.1, -0.05) is 6.92 Å². The van der Waals surface area contributed by atoms with Crippen molar-refractivity contribution in [3.05, 3.63) is 15.9 Å². The minimum atomic E-state index is 0.521. The topological polar surface area (TPSA) is 29.9 Å². The van der Waals surface area contributed by atoms with E-state index in [4.69, 9.17) is 0 Å². The van der Waals surface area contributed by atoms with E-state index < -0.39 is 0 Å². The number of halogens is 1. The SMILES string of the molecule is CCNC(CSC)Cc1c(Br)c(C)nn1CC. The van der Waals surface area contributed by atoms with Crippen LogP contribution in [0.2, 0.25) is 0 Å². The second-order valence-electron chi connectivity index (χ2n) is 4.08. The standard InChI is InChI=1S/C12H22BrN3S/c1-5-14-10(8-17-4)7-11-12(13)9(3)15-16(11)6-2/h10,14H,5-8H2,1-4H3. The molecule has 1 rings (SSSR count). The van der Waals surface area contributed by atoms with Crippen LogP contribution < -0.4 is 5.32 Å². The van der Waals surface area contributed by atoms with Crippen LogP contribution in [0.4, 0.5) is 0 Å². The van der Waals surface area contributed by atoms with Crippen molar-refractivity contribution < 1.29 is 0 Å². The monoisotopic (exact) mass is 319 g/mol. The molecule has 17 heavy (non-hydrogen) atoms. The van der Waals surface area contributed by atoms with Crippen LogP contribution in [0.1, 0.15) is 25.2 Å². The summed E-state index contributed by atoms with van der Waals surface area (Å²) in [6.45, 7) is 8.29. The quantitative estimate of drug-likeness (QED) is 0.838. The molecular weight excluding hydrogens is 298 g/mol. The van der Waals surface area contributed by atoms with Gasteiger partial charge >= 0.3 is 0 Å². The fourth-order valence-electron chi connectivity index (χ4n) is 1.98. The molecule has 0 saturated carbocycles. The van der Waals surface area contributed by atoms with Crippen LogP contribution in [0, 0.1) is 6.92 Å². The van der Waals surface area contributed by atoms with Gasteiger partial charge in [0.25, 0.3) is 0 Å². The molecule has 3 nitrogen and oxygen atoms in total. The van der Waals surface area contributed by atoms with Gasteiger partial charge in [0.2, 0.25) is 0 Å². The van der Waals surface area contributed by atoms with E-state index in [1.54, 1.807) is 0 Å². The van der Waals surface area contributed by atoms with E-state index in [-0.39, 0.29) is 0 Å². The van der Waals surface area contributed by atoms with Gasteiger partial charge in [-0.3, -0.25) is 4.68 Å². The second-order valence-corrected chi connectivity index (χ2v) is 5.78. The molecule has 1 aromatic heterocycles. The highest BCUT2D eigenvalue weighted by Crippen LogP contribution is 2.22. The first kappa shape index (κ1) is 15.1. The zero-order valence-corrected chi connectivity index (χ0v) is 13.5. The number of nitrogens with one attached hydrogen (secondary N) is 1. The molecule has 0 amide bonds. The molecule has 0 bridgehead atoms. The summed E-state index contributed by atoms with van der Waals surface area (Å²) < 4.78 is 3.27. The molecule has 0 aliphatic carbocycles. The average molecular weight is 320 g/mol. The number of likely N-dealkylation sites (N-methyl/N-ethyl adjacent to an activating group) is 1. The summed E-state index contributed by atoms with van der Waals surface area (Å²) in [4.78, 5) is 0. The molecule has 1 aromatic rings. The van der Waals surface area contributed by atoms with Crippen molar-refractivity contribution in [3.63, 3.8) is 0 Å². The van der Waals surface area contributed by atoms with Crippen molar-refractivity contribution in [3.8, 4) is 0 Å². The lowest BCUT2D eigenvalue weighted by Crippen LogP contribution is -2.34. The number of rotatable bonds is 7. The third-order valence-electron chi connectivity index (χ3n) is 2.75. The minimum absolute atomic E-state index is 0.521. The van der Waals surface area contributed by atoms with Gasteiger partial charge in [0.1, 0.15) is 0 Å². The number of hydrogen-bond donors (Lipinski definition) is 1. The highest BCUT2D eigenvalue weighted by Gasteiger charge is 2.16. The lowest BCUT2D eigenvalue weighted by Gasteiger charge is -2.17. The van der Waals surface area contributed by atoms with E-state index in [2.05, 4.69) is 58.1 Å². The minimum Gasteiger partial charge on any atom is -0.313 e. The van der Waals surface area contributed by atoms with Gasteiger partial charge in [-0.25, -0.2) is 0 Å². The summed E-state index contributed by atoms with van der Waals surface area (Å²) in [5.74, 6) is 1.13. The molecule has 5 heteroatoms. The van der Waals surface area contributed by atoms with E-state index in [1.165, 1.54) is 10.2 Å². The van der Waals surface area contributed by atoms with Gasteiger partial charge in [0.15, 0.2) is 0 Å². The number of aryl methyl sites for hydroxylation is 2. The van der Waals surface area contributed by atoms with Crippen LogP contribution in [-0.2, 0) is 13.0 Å². The van der Waals surface area contributed by atoms with E-state index in [0.717, 1.165) is 31.0 Å². The maximum Gasteiger partial charge on any atom is 0.0738 e. The molecule has 0 aromatic carbocycles. The van der Waals surface area contributed by atoms with Gasteiger partial charge in [-0.05, 0) is 42.6 Å². The Morgan fingerprint density at radius 1 is 1.47 bits per heavy atom. The Morgan fingerprint density at radius 2 is 2.18 bits per heavy atom. The molecule has 0 aliphatic heterocycles. The first-order valence-electron chi connectivity index (χ1n) is 6.08.